The number of carbonyl (C=O) groups excluding carboxylic acids is 2. The summed E-state index contributed by atoms with van der Waals surface area (Å²) in [7, 11) is -3.75. The molecule has 0 bridgehead atoms. The number of hydrogen-bond acceptors (Lipinski definition) is 5. The summed E-state index contributed by atoms with van der Waals surface area (Å²) < 4.78 is 26.5. The molecule has 2 N–H and O–H groups in total. The molecule has 0 unspecified atom stereocenters. The average molecular weight is 423 g/mol. The van der Waals surface area contributed by atoms with Gasteiger partial charge in [0.15, 0.2) is 9.84 Å². The number of rotatable bonds is 7. The topological polar surface area (TPSA) is 92.3 Å². The van der Waals surface area contributed by atoms with Crippen LogP contribution in [0.15, 0.2) is 40.6 Å². The molecule has 1 aromatic carbocycles. The summed E-state index contributed by atoms with van der Waals surface area (Å²) in [6.45, 7) is 7.28. The Morgan fingerprint density at radius 1 is 1.11 bits per heavy atom. The molecule has 0 aliphatic heterocycles. The SMILES string of the molecule is CC[C@H](C)NC(=O)C(=O)NC[C@@H](c1cccs1)S(=O)(=O)c1ccc(C)c(C)c1. The van der Waals surface area contributed by atoms with Crippen LogP contribution in [0, 0.1) is 13.8 Å². The van der Waals surface area contributed by atoms with Gasteiger partial charge in [0.1, 0.15) is 5.25 Å². The van der Waals surface area contributed by atoms with E-state index in [4.69, 9.17) is 0 Å². The minimum atomic E-state index is -3.75. The Morgan fingerprint density at radius 2 is 1.82 bits per heavy atom. The van der Waals surface area contributed by atoms with E-state index < -0.39 is 26.9 Å². The molecule has 0 saturated carbocycles. The molecule has 2 aromatic rings. The maximum absolute atomic E-state index is 13.3. The Hall–Kier alpha value is -2.19. The van der Waals surface area contributed by atoms with Gasteiger partial charge >= 0.3 is 11.8 Å². The van der Waals surface area contributed by atoms with E-state index in [9.17, 15) is 18.0 Å². The predicted molar refractivity (Wildman–Crippen MR) is 111 cm³/mol. The van der Waals surface area contributed by atoms with Gasteiger partial charge in [-0.15, -0.1) is 11.3 Å². The highest BCUT2D eigenvalue weighted by Gasteiger charge is 2.31. The number of benzene rings is 1. The van der Waals surface area contributed by atoms with E-state index >= 15 is 0 Å². The van der Waals surface area contributed by atoms with Crippen LogP contribution in [0.4, 0.5) is 0 Å². The molecule has 28 heavy (non-hydrogen) atoms. The fourth-order valence-electron chi connectivity index (χ4n) is 2.55. The van der Waals surface area contributed by atoms with Crippen molar-refractivity contribution in [1.82, 2.24) is 10.6 Å². The second-order valence-corrected chi connectivity index (χ2v) is 9.90. The van der Waals surface area contributed by atoms with Crippen molar-refractivity contribution in [3.8, 4) is 0 Å². The molecule has 6 nitrogen and oxygen atoms in total. The first-order valence-electron chi connectivity index (χ1n) is 9.10. The van der Waals surface area contributed by atoms with Crippen molar-refractivity contribution in [2.24, 2.45) is 0 Å². The van der Waals surface area contributed by atoms with Crippen LogP contribution in [0.3, 0.4) is 0 Å². The summed E-state index contributed by atoms with van der Waals surface area (Å²) in [5.41, 5.74) is 1.88. The molecule has 2 atom stereocenters. The third kappa shape index (κ3) is 5.20. The summed E-state index contributed by atoms with van der Waals surface area (Å²) in [5.74, 6) is -1.60. The molecular weight excluding hydrogens is 396 g/mol. The number of aryl methyl sites for hydroxylation is 2. The Bertz CT molecular complexity index is 937. The zero-order chi connectivity index (χ0) is 20.9. The second-order valence-electron chi connectivity index (χ2n) is 6.79. The lowest BCUT2D eigenvalue weighted by Crippen LogP contribution is -2.45. The number of carbonyl (C=O) groups is 2. The van der Waals surface area contributed by atoms with Crippen LogP contribution in [0.5, 0.6) is 0 Å². The highest BCUT2D eigenvalue weighted by atomic mass is 32.2. The molecule has 152 valence electrons. The molecule has 2 amide bonds. The lowest BCUT2D eigenvalue weighted by atomic mass is 10.1. The number of hydrogen-bond donors (Lipinski definition) is 2. The number of nitrogens with one attached hydrogen (secondary N) is 2. The monoisotopic (exact) mass is 422 g/mol. The fraction of sp³-hybridized carbons (Fsp3) is 0.400. The summed E-state index contributed by atoms with van der Waals surface area (Å²) in [5, 5.41) is 5.88. The van der Waals surface area contributed by atoms with Gasteiger partial charge in [-0.25, -0.2) is 8.42 Å². The molecule has 1 aromatic heterocycles. The number of amides is 2. The van der Waals surface area contributed by atoms with Gasteiger partial charge in [-0.2, -0.15) is 0 Å². The molecule has 2 rings (SSSR count). The summed E-state index contributed by atoms with van der Waals surface area (Å²) in [4.78, 5) is 24.9. The van der Waals surface area contributed by atoms with Crippen LogP contribution < -0.4 is 10.6 Å². The predicted octanol–water partition coefficient (Wildman–Crippen LogP) is 2.91. The average Bonchev–Trinajstić information content (AvgIpc) is 3.17. The lowest BCUT2D eigenvalue weighted by Gasteiger charge is -2.18. The standard InChI is InChI=1S/C20H26N2O4S2/c1-5-15(4)22-20(24)19(23)21-12-18(17-7-6-10-27-17)28(25,26)16-9-8-13(2)14(3)11-16/h6-11,15,18H,5,12H2,1-4H3,(H,21,23)(H,22,24)/t15-,18-/m0/s1. The summed E-state index contributed by atoms with van der Waals surface area (Å²) in [6.07, 6.45) is 0.692. The zero-order valence-electron chi connectivity index (χ0n) is 16.5. The van der Waals surface area contributed by atoms with Gasteiger partial charge in [-0.3, -0.25) is 9.59 Å². The third-order valence-corrected chi connectivity index (χ3v) is 7.90. The van der Waals surface area contributed by atoms with Crippen LogP contribution in [0.2, 0.25) is 0 Å². The van der Waals surface area contributed by atoms with E-state index in [-0.39, 0.29) is 17.5 Å². The Morgan fingerprint density at radius 3 is 2.39 bits per heavy atom. The number of sulfone groups is 1. The lowest BCUT2D eigenvalue weighted by molar-refractivity contribution is -0.139. The quantitative estimate of drug-likeness (QED) is 0.671. The highest BCUT2D eigenvalue weighted by Crippen LogP contribution is 2.32. The fourth-order valence-corrected chi connectivity index (χ4v) is 5.42. The van der Waals surface area contributed by atoms with Crippen molar-refractivity contribution in [2.75, 3.05) is 6.54 Å². The smallest absolute Gasteiger partial charge is 0.309 e. The van der Waals surface area contributed by atoms with Gasteiger partial charge in [0, 0.05) is 17.5 Å². The van der Waals surface area contributed by atoms with Crippen LogP contribution >= 0.6 is 11.3 Å². The summed E-state index contributed by atoms with van der Waals surface area (Å²) >= 11 is 1.30. The van der Waals surface area contributed by atoms with Crippen LogP contribution in [0.25, 0.3) is 0 Å². The van der Waals surface area contributed by atoms with E-state index in [1.54, 1.807) is 42.6 Å². The van der Waals surface area contributed by atoms with Crippen LogP contribution in [-0.4, -0.2) is 32.8 Å². The first-order valence-corrected chi connectivity index (χ1v) is 11.5. The maximum Gasteiger partial charge on any atom is 0.309 e. The Kier molecular flexibility index (Phi) is 7.37. The highest BCUT2D eigenvalue weighted by molar-refractivity contribution is 7.91. The van der Waals surface area contributed by atoms with Gasteiger partial charge in [-0.1, -0.05) is 19.1 Å². The third-order valence-electron chi connectivity index (χ3n) is 4.69. The maximum atomic E-state index is 13.3. The molecule has 0 aliphatic rings. The molecule has 0 fully saturated rings. The molecule has 0 radical (unpaired) electrons. The van der Waals surface area contributed by atoms with Crippen LogP contribution in [0.1, 0.15) is 41.5 Å². The van der Waals surface area contributed by atoms with Crippen molar-refractivity contribution in [3.63, 3.8) is 0 Å². The van der Waals surface area contributed by atoms with Gasteiger partial charge in [0.05, 0.1) is 4.90 Å². The van der Waals surface area contributed by atoms with Crippen LogP contribution in [-0.2, 0) is 19.4 Å². The van der Waals surface area contributed by atoms with E-state index in [2.05, 4.69) is 10.6 Å². The Balaban J connectivity index is 2.25. The van der Waals surface area contributed by atoms with E-state index in [0.29, 0.717) is 11.3 Å². The minimum Gasteiger partial charge on any atom is -0.346 e. The summed E-state index contributed by atoms with van der Waals surface area (Å²) in [6, 6.07) is 8.34. The Labute approximate surface area is 170 Å². The van der Waals surface area contributed by atoms with Gasteiger partial charge in [0.2, 0.25) is 0 Å². The molecule has 0 saturated heterocycles. The van der Waals surface area contributed by atoms with Crippen molar-refractivity contribution in [3.05, 3.63) is 51.7 Å². The first kappa shape index (κ1) is 22.1. The van der Waals surface area contributed by atoms with Crippen molar-refractivity contribution in [2.45, 2.75) is 50.3 Å². The van der Waals surface area contributed by atoms with Crippen molar-refractivity contribution >= 4 is 33.0 Å². The van der Waals surface area contributed by atoms with E-state index in [1.165, 1.54) is 11.3 Å². The molecule has 0 spiro atoms. The zero-order valence-corrected chi connectivity index (χ0v) is 18.1. The van der Waals surface area contributed by atoms with Gasteiger partial charge in [-0.05, 0) is 61.9 Å². The van der Waals surface area contributed by atoms with Crippen molar-refractivity contribution < 1.29 is 18.0 Å². The van der Waals surface area contributed by atoms with E-state index in [1.807, 2.05) is 20.8 Å². The largest absolute Gasteiger partial charge is 0.346 e. The molecule has 0 aliphatic carbocycles. The molecular formula is C20H26N2O4S2. The molecule has 1 heterocycles. The minimum absolute atomic E-state index is 0.134. The van der Waals surface area contributed by atoms with Gasteiger partial charge < -0.3 is 10.6 Å². The van der Waals surface area contributed by atoms with Crippen molar-refractivity contribution in [1.29, 1.82) is 0 Å². The molecule has 8 heteroatoms. The normalized spacial score (nSPS) is 13.6. The first-order chi connectivity index (χ1) is 13.2. The second kappa shape index (κ2) is 9.34. The van der Waals surface area contributed by atoms with Gasteiger partial charge in [0.25, 0.3) is 0 Å². The number of thiophene rings is 1. The van der Waals surface area contributed by atoms with E-state index in [0.717, 1.165) is 11.1 Å².